The fourth-order valence-corrected chi connectivity index (χ4v) is 2.67. The van der Waals surface area contributed by atoms with Crippen molar-refractivity contribution < 1.29 is 9.90 Å². The first-order valence-corrected chi connectivity index (χ1v) is 8.53. The zero-order valence-electron chi connectivity index (χ0n) is 15.0. The van der Waals surface area contributed by atoms with Crippen LogP contribution in [0, 0.1) is 0 Å². The molecule has 148 valence electrons. The normalized spacial score (nSPS) is 12.2. The van der Waals surface area contributed by atoms with Gasteiger partial charge < -0.3 is 27.2 Å². The van der Waals surface area contributed by atoms with Crippen molar-refractivity contribution in [2.24, 2.45) is 5.73 Å². The Morgan fingerprint density at radius 2 is 2.07 bits per heavy atom. The third-order valence-electron chi connectivity index (χ3n) is 4.07. The second kappa shape index (κ2) is 9.09. The molecule has 0 amide bonds. The molecule has 0 radical (unpaired) electrons. The van der Waals surface area contributed by atoms with Gasteiger partial charge >= 0.3 is 11.7 Å². The first kappa shape index (κ1) is 20.3. The molecule has 0 spiro atoms. The van der Waals surface area contributed by atoms with Crippen LogP contribution in [0.1, 0.15) is 19.3 Å². The molecule has 0 aromatic carbocycles. The number of nitrogens with one attached hydrogen (secondary N) is 3. The van der Waals surface area contributed by atoms with Gasteiger partial charge in [-0.2, -0.15) is 9.97 Å². The van der Waals surface area contributed by atoms with E-state index in [4.69, 9.17) is 11.5 Å². The van der Waals surface area contributed by atoms with E-state index in [0.717, 1.165) is 6.42 Å². The fraction of sp³-hybridized carbons (Fsp3) is 0.533. The number of hydrogen-bond acceptors (Lipinski definition) is 9. The number of unbranched alkanes of at least 4 members (excludes halogenated alkanes) is 1. The molecule has 12 heteroatoms. The van der Waals surface area contributed by atoms with Crippen molar-refractivity contribution in [3.05, 3.63) is 20.8 Å². The number of H-pyrrole nitrogens is 1. The van der Waals surface area contributed by atoms with E-state index in [0.29, 0.717) is 19.4 Å². The van der Waals surface area contributed by atoms with Gasteiger partial charge in [-0.15, -0.1) is 0 Å². The smallest absolute Gasteiger partial charge is 0.351 e. The number of aliphatic carboxylic acids is 1. The molecule has 0 aliphatic heterocycles. The number of nitrogen functional groups attached to an aromatic ring is 1. The topological polar surface area (TPSA) is 194 Å². The maximum absolute atomic E-state index is 12.2. The number of anilines is 2. The number of aromatic nitrogens is 4. The average Bonchev–Trinajstić information content (AvgIpc) is 2.61. The maximum atomic E-state index is 12.2. The molecule has 2 aromatic heterocycles. The molecule has 0 bridgehead atoms. The molecule has 2 aromatic rings. The predicted octanol–water partition coefficient (Wildman–Crippen LogP) is -1.72. The van der Waals surface area contributed by atoms with Gasteiger partial charge in [0, 0.05) is 20.1 Å². The number of nitrogens with zero attached hydrogens (tertiary/aromatic N) is 3. The zero-order valence-corrected chi connectivity index (χ0v) is 15.0. The van der Waals surface area contributed by atoms with E-state index >= 15 is 0 Å². The number of nitrogens with two attached hydrogens (primary N) is 2. The van der Waals surface area contributed by atoms with E-state index in [1.165, 1.54) is 4.57 Å². The Morgan fingerprint density at radius 1 is 1.33 bits per heavy atom. The molecule has 27 heavy (non-hydrogen) atoms. The van der Waals surface area contributed by atoms with Gasteiger partial charge in [0.2, 0.25) is 5.95 Å². The SMILES string of the molecule is CNc1nc2c(c(N)nc(=O)n2CCNC(CCCCN)C(=O)O)c(=O)[nH]1. The van der Waals surface area contributed by atoms with Crippen LogP contribution in [-0.2, 0) is 11.3 Å². The highest BCUT2D eigenvalue weighted by Gasteiger charge is 2.18. The quantitative estimate of drug-likeness (QED) is 0.258. The number of carboxylic acid groups (broad SMARTS) is 1. The van der Waals surface area contributed by atoms with E-state index in [2.05, 4.69) is 25.6 Å². The van der Waals surface area contributed by atoms with Gasteiger partial charge in [-0.3, -0.25) is 19.1 Å². The molecule has 0 aliphatic rings. The summed E-state index contributed by atoms with van der Waals surface area (Å²) in [6.45, 7) is 0.741. The van der Waals surface area contributed by atoms with Crippen LogP contribution < -0.4 is 33.3 Å². The second-order valence-electron chi connectivity index (χ2n) is 5.92. The summed E-state index contributed by atoms with van der Waals surface area (Å²) in [4.78, 5) is 46.1. The van der Waals surface area contributed by atoms with Gasteiger partial charge in [0.25, 0.3) is 5.56 Å². The molecular formula is C15H24N8O4. The summed E-state index contributed by atoms with van der Waals surface area (Å²) in [7, 11) is 1.57. The highest BCUT2D eigenvalue weighted by Crippen LogP contribution is 2.11. The van der Waals surface area contributed by atoms with Crippen LogP contribution >= 0.6 is 0 Å². The first-order chi connectivity index (χ1) is 12.9. The lowest BCUT2D eigenvalue weighted by Crippen LogP contribution is -2.40. The second-order valence-corrected chi connectivity index (χ2v) is 5.92. The highest BCUT2D eigenvalue weighted by molar-refractivity contribution is 5.85. The molecule has 0 saturated carbocycles. The summed E-state index contributed by atoms with van der Waals surface area (Å²) in [5.74, 6) is -1.02. The fourth-order valence-electron chi connectivity index (χ4n) is 2.67. The monoisotopic (exact) mass is 380 g/mol. The highest BCUT2D eigenvalue weighted by atomic mass is 16.4. The standard InChI is InChI=1S/C15H24N8O4/c1-18-14-21-11-9(12(24)22-14)10(17)20-15(27)23(11)7-6-19-8(13(25)26)4-2-3-5-16/h8,19H,2-7,16H2,1H3,(H,25,26)(H2,17,20,27)(H2,18,21,22,24). The number of aromatic amines is 1. The lowest BCUT2D eigenvalue weighted by Gasteiger charge is -2.15. The Kier molecular flexibility index (Phi) is 6.85. The van der Waals surface area contributed by atoms with E-state index < -0.39 is 23.3 Å². The molecule has 0 fully saturated rings. The largest absolute Gasteiger partial charge is 0.480 e. The van der Waals surface area contributed by atoms with Gasteiger partial charge in [-0.1, -0.05) is 6.42 Å². The molecule has 8 N–H and O–H groups in total. The average molecular weight is 380 g/mol. The van der Waals surface area contributed by atoms with Crippen molar-refractivity contribution in [3.63, 3.8) is 0 Å². The van der Waals surface area contributed by atoms with E-state index in [-0.39, 0.29) is 35.9 Å². The number of carboxylic acids is 1. The van der Waals surface area contributed by atoms with Gasteiger partial charge in [0.1, 0.15) is 17.2 Å². The van der Waals surface area contributed by atoms with Gasteiger partial charge in [-0.25, -0.2) is 4.79 Å². The zero-order chi connectivity index (χ0) is 20.0. The Bertz CT molecular complexity index is 922. The minimum atomic E-state index is -0.980. The maximum Gasteiger partial charge on any atom is 0.351 e. The molecule has 2 heterocycles. The van der Waals surface area contributed by atoms with Crippen molar-refractivity contribution in [3.8, 4) is 0 Å². The van der Waals surface area contributed by atoms with Crippen LogP contribution in [0.4, 0.5) is 11.8 Å². The Hall–Kier alpha value is -2.99. The molecule has 1 atom stereocenters. The Labute approximate surface area is 154 Å². The summed E-state index contributed by atoms with van der Waals surface area (Å²) in [5, 5.41) is 14.9. The lowest BCUT2D eigenvalue weighted by molar-refractivity contribution is -0.139. The molecule has 1 unspecified atom stereocenters. The summed E-state index contributed by atoms with van der Waals surface area (Å²) in [5.41, 5.74) is 10.0. The van der Waals surface area contributed by atoms with Crippen LogP contribution in [-0.4, -0.2) is 56.8 Å². The summed E-state index contributed by atoms with van der Waals surface area (Å²) in [6.07, 6.45) is 1.83. The minimum Gasteiger partial charge on any atom is -0.480 e. The molecule has 0 aliphatic carbocycles. The molecular weight excluding hydrogens is 356 g/mol. The van der Waals surface area contributed by atoms with Gasteiger partial charge in [0.15, 0.2) is 5.65 Å². The molecule has 0 saturated heterocycles. The number of fused-ring (bicyclic) bond motifs is 1. The number of hydrogen-bond donors (Lipinski definition) is 6. The van der Waals surface area contributed by atoms with Crippen LogP contribution in [0.25, 0.3) is 11.0 Å². The third kappa shape index (κ3) is 4.80. The first-order valence-electron chi connectivity index (χ1n) is 8.53. The van der Waals surface area contributed by atoms with Crippen molar-refractivity contribution >= 4 is 28.8 Å². The molecule has 12 nitrogen and oxygen atoms in total. The van der Waals surface area contributed by atoms with Gasteiger partial charge in [-0.05, 0) is 19.4 Å². The number of carbonyl (C=O) groups is 1. The third-order valence-corrected chi connectivity index (χ3v) is 4.07. The van der Waals surface area contributed by atoms with E-state index in [1.54, 1.807) is 7.05 Å². The van der Waals surface area contributed by atoms with Gasteiger partial charge in [0.05, 0.1) is 0 Å². The lowest BCUT2D eigenvalue weighted by atomic mass is 10.1. The van der Waals surface area contributed by atoms with Crippen molar-refractivity contribution in [2.75, 3.05) is 31.2 Å². The van der Waals surface area contributed by atoms with Crippen LogP contribution in [0.5, 0.6) is 0 Å². The van der Waals surface area contributed by atoms with Crippen molar-refractivity contribution in [2.45, 2.75) is 31.8 Å². The summed E-state index contributed by atoms with van der Waals surface area (Å²) < 4.78 is 1.19. The van der Waals surface area contributed by atoms with E-state index in [1.807, 2.05) is 0 Å². The van der Waals surface area contributed by atoms with Crippen LogP contribution in [0.15, 0.2) is 9.59 Å². The predicted molar refractivity (Wildman–Crippen MR) is 101 cm³/mol. The minimum absolute atomic E-state index is 0.00586. The Balaban J connectivity index is 2.25. The number of rotatable bonds is 10. The van der Waals surface area contributed by atoms with Crippen molar-refractivity contribution in [1.82, 2.24) is 24.8 Å². The van der Waals surface area contributed by atoms with E-state index in [9.17, 15) is 19.5 Å². The summed E-state index contributed by atoms with van der Waals surface area (Å²) >= 11 is 0. The summed E-state index contributed by atoms with van der Waals surface area (Å²) in [6, 6.07) is -0.760. The van der Waals surface area contributed by atoms with Crippen LogP contribution in [0.3, 0.4) is 0 Å². The van der Waals surface area contributed by atoms with Crippen LogP contribution in [0.2, 0.25) is 0 Å². The Morgan fingerprint density at radius 3 is 2.70 bits per heavy atom. The molecule has 2 rings (SSSR count). The van der Waals surface area contributed by atoms with Crippen molar-refractivity contribution in [1.29, 1.82) is 0 Å².